The minimum Gasteiger partial charge on any atom is -0.316 e. The predicted molar refractivity (Wildman–Crippen MR) is 98.9 cm³/mol. The molecule has 1 atom stereocenters. The Kier molecular flexibility index (Phi) is 6.33. The summed E-state index contributed by atoms with van der Waals surface area (Å²) in [7, 11) is 0. The number of amides is 1. The third-order valence-corrected chi connectivity index (χ3v) is 4.71. The second-order valence-corrected chi connectivity index (χ2v) is 6.38. The molecule has 3 rings (SSSR count). The number of halogens is 1. The van der Waals surface area contributed by atoms with E-state index in [1.165, 1.54) is 11.3 Å². The SMILES string of the molecule is CC(C(=O)Nc1nc(/C=C/c2ccccc2)cs1)C1CNC1.Cl. The van der Waals surface area contributed by atoms with Crippen molar-refractivity contribution in [1.29, 1.82) is 0 Å². The summed E-state index contributed by atoms with van der Waals surface area (Å²) in [6.07, 6.45) is 3.98. The van der Waals surface area contributed by atoms with Crippen molar-refractivity contribution in [3.05, 3.63) is 47.0 Å². The van der Waals surface area contributed by atoms with Crippen LogP contribution in [-0.2, 0) is 4.79 Å². The minimum absolute atomic E-state index is 0. The zero-order chi connectivity index (χ0) is 15.4. The van der Waals surface area contributed by atoms with E-state index in [-0.39, 0.29) is 24.2 Å². The topological polar surface area (TPSA) is 54.0 Å². The molecule has 1 aromatic carbocycles. The molecule has 2 N–H and O–H groups in total. The number of hydrogen-bond acceptors (Lipinski definition) is 4. The van der Waals surface area contributed by atoms with Gasteiger partial charge < -0.3 is 10.6 Å². The number of anilines is 1. The van der Waals surface area contributed by atoms with Crippen LogP contribution in [0.3, 0.4) is 0 Å². The zero-order valence-corrected chi connectivity index (χ0v) is 14.5. The first kappa shape index (κ1) is 17.7. The summed E-state index contributed by atoms with van der Waals surface area (Å²) in [5.74, 6) is 0.519. The maximum atomic E-state index is 12.1. The fourth-order valence-corrected chi connectivity index (χ4v) is 2.95. The molecule has 0 aliphatic carbocycles. The monoisotopic (exact) mass is 349 g/mol. The van der Waals surface area contributed by atoms with Gasteiger partial charge >= 0.3 is 0 Å². The molecular formula is C17H20ClN3OS. The first-order chi connectivity index (χ1) is 10.7. The average Bonchev–Trinajstić information content (AvgIpc) is 2.92. The molecule has 0 saturated carbocycles. The van der Waals surface area contributed by atoms with Gasteiger partial charge in [0.25, 0.3) is 0 Å². The number of aromatic nitrogens is 1. The molecule has 4 nitrogen and oxygen atoms in total. The molecule has 2 heterocycles. The van der Waals surface area contributed by atoms with Crippen molar-refractivity contribution in [3.63, 3.8) is 0 Å². The highest BCUT2D eigenvalue weighted by Gasteiger charge is 2.28. The normalized spacial score (nSPS) is 15.7. The van der Waals surface area contributed by atoms with Crippen LogP contribution in [0.15, 0.2) is 35.7 Å². The molecular weight excluding hydrogens is 330 g/mol. The van der Waals surface area contributed by atoms with Gasteiger partial charge in [0.2, 0.25) is 5.91 Å². The number of rotatable bonds is 5. The van der Waals surface area contributed by atoms with Crippen LogP contribution in [0.5, 0.6) is 0 Å². The zero-order valence-electron chi connectivity index (χ0n) is 12.9. The smallest absolute Gasteiger partial charge is 0.229 e. The Morgan fingerprint density at radius 2 is 2.09 bits per heavy atom. The van der Waals surface area contributed by atoms with Crippen molar-refractivity contribution < 1.29 is 4.79 Å². The van der Waals surface area contributed by atoms with E-state index >= 15 is 0 Å². The van der Waals surface area contributed by atoms with Gasteiger partial charge in [-0.15, -0.1) is 23.7 Å². The molecule has 1 amide bonds. The highest BCUT2D eigenvalue weighted by atomic mass is 35.5. The van der Waals surface area contributed by atoms with Crippen molar-refractivity contribution in [2.45, 2.75) is 6.92 Å². The van der Waals surface area contributed by atoms with Gasteiger partial charge in [-0.3, -0.25) is 4.79 Å². The van der Waals surface area contributed by atoms with Crippen LogP contribution >= 0.6 is 23.7 Å². The van der Waals surface area contributed by atoms with Crippen molar-refractivity contribution in [2.24, 2.45) is 11.8 Å². The van der Waals surface area contributed by atoms with Gasteiger partial charge in [-0.2, -0.15) is 0 Å². The van der Waals surface area contributed by atoms with E-state index < -0.39 is 0 Å². The van der Waals surface area contributed by atoms with E-state index in [0.717, 1.165) is 24.3 Å². The second kappa shape index (κ2) is 8.24. The van der Waals surface area contributed by atoms with E-state index in [9.17, 15) is 4.79 Å². The largest absolute Gasteiger partial charge is 0.316 e. The molecule has 0 bridgehead atoms. The van der Waals surface area contributed by atoms with Gasteiger partial charge in [0.1, 0.15) is 0 Å². The molecule has 1 aliphatic heterocycles. The Morgan fingerprint density at radius 1 is 1.35 bits per heavy atom. The van der Waals surface area contributed by atoms with Gasteiger partial charge in [-0.05, 0) is 30.6 Å². The van der Waals surface area contributed by atoms with E-state index in [1.54, 1.807) is 0 Å². The van der Waals surface area contributed by atoms with Crippen LogP contribution in [-0.4, -0.2) is 24.0 Å². The minimum atomic E-state index is 0. The fraction of sp³-hybridized carbons (Fsp3) is 0.294. The molecule has 6 heteroatoms. The van der Waals surface area contributed by atoms with E-state index in [1.807, 2.05) is 54.8 Å². The molecule has 2 aromatic rings. The maximum Gasteiger partial charge on any atom is 0.229 e. The molecule has 1 aromatic heterocycles. The third-order valence-electron chi connectivity index (χ3n) is 3.93. The summed E-state index contributed by atoms with van der Waals surface area (Å²) in [6, 6.07) is 10.1. The highest BCUT2D eigenvalue weighted by Crippen LogP contribution is 2.21. The van der Waals surface area contributed by atoms with E-state index in [2.05, 4.69) is 15.6 Å². The highest BCUT2D eigenvalue weighted by molar-refractivity contribution is 7.14. The molecule has 0 spiro atoms. The van der Waals surface area contributed by atoms with Gasteiger partial charge in [0.15, 0.2) is 5.13 Å². The van der Waals surface area contributed by atoms with Crippen LogP contribution in [0.4, 0.5) is 5.13 Å². The number of thiazole rings is 1. The predicted octanol–water partition coefficient (Wildman–Crippen LogP) is 3.53. The Hall–Kier alpha value is -1.69. The first-order valence-corrected chi connectivity index (χ1v) is 8.30. The Morgan fingerprint density at radius 3 is 2.74 bits per heavy atom. The first-order valence-electron chi connectivity index (χ1n) is 7.42. The second-order valence-electron chi connectivity index (χ2n) is 5.52. The lowest BCUT2D eigenvalue weighted by Gasteiger charge is -2.31. The summed E-state index contributed by atoms with van der Waals surface area (Å²) < 4.78 is 0. The molecule has 0 radical (unpaired) electrons. The summed E-state index contributed by atoms with van der Waals surface area (Å²) in [5.41, 5.74) is 1.99. The van der Waals surface area contributed by atoms with Crippen LogP contribution in [0.25, 0.3) is 12.2 Å². The van der Waals surface area contributed by atoms with Gasteiger partial charge in [-0.25, -0.2) is 4.98 Å². The van der Waals surface area contributed by atoms with Crippen molar-refractivity contribution in [1.82, 2.24) is 10.3 Å². The van der Waals surface area contributed by atoms with E-state index in [4.69, 9.17) is 0 Å². The van der Waals surface area contributed by atoms with Crippen LogP contribution < -0.4 is 10.6 Å². The lowest BCUT2D eigenvalue weighted by Crippen LogP contribution is -2.48. The number of benzene rings is 1. The Labute approximate surface area is 146 Å². The number of carbonyl (C=O) groups excluding carboxylic acids is 1. The maximum absolute atomic E-state index is 12.1. The van der Waals surface area contributed by atoms with Crippen molar-refractivity contribution in [2.75, 3.05) is 18.4 Å². The molecule has 23 heavy (non-hydrogen) atoms. The molecule has 1 fully saturated rings. The summed E-state index contributed by atoms with van der Waals surface area (Å²) in [4.78, 5) is 16.6. The summed E-state index contributed by atoms with van der Waals surface area (Å²) in [5, 5.41) is 8.72. The van der Waals surface area contributed by atoms with Crippen LogP contribution in [0.2, 0.25) is 0 Å². The number of carbonyl (C=O) groups is 1. The van der Waals surface area contributed by atoms with Gasteiger partial charge in [-0.1, -0.05) is 43.3 Å². The standard InChI is InChI=1S/C17H19N3OS.ClH/c1-12(14-9-18-10-14)16(21)20-17-19-15(11-22-17)8-7-13-5-3-2-4-6-13;/h2-8,11-12,14,18H,9-10H2,1H3,(H,19,20,21);1H/b8-7+;. The number of nitrogens with zero attached hydrogens (tertiary/aromatic N) is 1. The number of hydrogen-bond donors (Lipinski definition) is 2. The third kappa shape index (κ3) is 4.64. The average molecular weight is 350 g/mol. The van der Waals surface area contributed by atoms with Gasteiger partial charge in [0.05, 0.1) is 5.69 Å². The Balaban J connectivity index is 0.00000192. The molecule has 1 unspecified atom stereocenters. The lowest BCUT2D eigenvalue weighted by atomic mass is 9.88. The fourth-order valence-electron chi connectivity index (χ4n) is 2.26. The molecule has 1 saturated heterocycles. The molecule has 1 aliphatic rings. The van der Waals surface area contributed by atoms with Crippen molar-refractivity contribution in [3.8, 4) is 0 Å². The summed E-state index contributed by atoms with van der Waals surface area (Å²) >= 11 is 1.46. The Bertz CT molecular complexity index is 667. The summed E-state index contributed by atoms with van der Waals surface area (Å²) in [6.45, 7) is 3.83. The van der Waals surface area contributed by atoms with Crippen LogP contribution in [0, 0.1) is 11.8 Å². The number of nitrogens with one attached hydrogen (secondary N) is 2. The quantitative estimate of drug-likeness (QED) is 0.868. The lowest BCUT2D eigenvalue weighted by molar-refractivity contribution is -0.121. The van der Waals surface area contributed by atoms with Crippen LogP contribution in [0.1, 0.15) is 18.2 Å². The van der Waals surface area contributed by atoms with Crippen molar-refractivity contribution >= 4 is 46.9 Å². The van der Waals surface area contributed by atoms with E-state index in [0.29, 0.717) is 11.0 Å². The molecule has 122 valence electrons. The van der Waals surface area contributed by atoms with Gasteiger partial charge in [0, 0.05) is 11.3 Å².